The van der Waals surface area contributed by atoms with Crippen molar-refractivity contribution in [3.63, 3.8) is 0 Å². The maximum absolute atomic E-state index is 13.2. The Hall–Kier alpha value is -3.52. The first-order chi connectivity index (χ1) is 16.3. The number of hydrogen-bond acceptors (Lipinski definition) is 6. The first-order valence-electron chi connectivity index (χ1n) is 11.4. The summed E-state index contributed by atoms with van der Waals surface area (Å²) in [4.78, 5) is 49.8. The molecular formula is C26H28N2O6. The molecule has 1 saturated heterocycles. The lowest BCUT2D eigenvalue weighted by atomic mass is 10.0. The topological polar surface area (TPSA) is 113 Å². The number of rotatable bonds is 3. The van der Waals surface area contributed by atoms with Gasteiger partial charge in [0.25, 0.3) is 5.91 Å². The fourth-order valence-corrected chi connectivity index (χ4v) is 4.58. The molecule has 2 N–H and O–H groups in total. The molecule has 34 heavy (non-hydrogen) atoms. The number of amides is 2. The Bertz CT molecular complexity index is 1100. The third-order valence-corrected chi connectivity index (χ3v) is 6.45. The minimum absolute atomic E-state index is 0.0255. The SMILES string of the molecule is CC(=O)C1Cc2cccc3c2N1C(=O)C(NC(=O)c1ccccc1)CC3.CC1CC(=O)OC1O. The van der Waals surface area contributed by atoms with E-state index in [1.807, 2.05) is 24.3 Å². The van der Waals surface area contributed by atoms with Crippen LogP contribution in [0.25, 0.3) is 0 Å². The highest BCUT2D eigenvalue weighted by atomic mass is 16.6. The van der Waals surface area contributed by atoms with Crippen molar-refractivity contribution in [3.05, 3.63) is 65.2 Å². The molecule has 2 amide bonds. The lowest BCUT2D eigenvalue weighted by molar-refractivity contribution is -0.155. The highest BCUT2D eigenvalue weighted by Gasteiger charge is 2.42. The van der Waals surface area contributed by atoms with Crippen molar-refractivity contribution in [1.29, 1.82) is 0 Å². The van der Waals surface area contributed by atoms with Gasteiger partial charge in [0.15, 0.2) is 5.78 Å². The highest BCUT2D eigenvalue weighted by molar-refractivity contribution is 6.08. The second-order valence-electron chi connectivity index (χ2n) is 8.96. The molecule has 2 aromatic carbocycles. The Morgan fingerprint density at radius 2 is 1.74 bits per heavy atom. The molecule has 0 bridgehead atoms. The monoisotopic (exact) mass is 464 g/mol. The van der Waals surface area contributed by atoms with Crippen molar-refractivity contribution in [2.75, 3.05) is 4.90 Å². The maximum atomic E-state index is 13.2. The second kappa shape index (κ2) is 9.77. The first kappa shape index (κ1) is 23.6. The number of nitrogens with zero attached hydrogens (tertiary/aromatic N) is 1. The number of anilines is 1. The fraction of sp³-hybridized carbons (Fsp3) is 0.385. The third-order valence-electron chi connectivity index (χ3n) is 6.45. The molecule has 3 aliphatic heterocycles. The van der Waals surface area contributed by atoms with E-state index in [0.29, 0.717) is 31.2 Å². The van der Waals surface area contributed by atoms with Crippen LogP contribution in [-0.4, -0.2) is 47.0 Å². The lowest BCUT2D eigenvalue weighted by Crippen LogP contribution is -2.52. The summed E-state index contributed by atoms with van der Waals surface area (Å²) in [6.45, 7) is 3.29. The molecule has 8 nitrogen and oxygen atoms in total. The van der Waals surface area contributed by atoms with Gasteiger partial charge in [-0.05, 0) is 43.0 Å². The Morgan fingerprint density at radius 1 is 1.03 bits per heavy atom. The standard InChI is InChI=1S/C21H20N2O3.C5H8O3/c1-13(24)18-12-16-9-5-8-14-10-11-17(21(26)23(18)19(14)16)22-20(25)15-6-3-2-4-7-15;1-3-2-4(6)8-5(3)7/h2-9,17-18H,10-12H2,1H3,(H,22,25);3,5,7H,2H2,1H3. The summed E-state index contributed by atoms with van der Waals surface area (Å²) in [7, 11) is 0. The highest BCUT2D eigenvalue weighted by Crippen LogP contribution is 2.39. The molecule has 178 valence electrons. The van der Waals surface area contributed by atoms with Gasteiger partial charge in [-0.1, -0.05) is 43.3 Å². The van der Waals surface area contributed by atoms with E-state index in [-0.39, 0.29) is 29.5 Å². The molecule has 3 aliphatic rings. The summed E-state index contributed by atoms with van der Waals surface area (Å²) in [5.41, 5.74) is 3.49. The van der Waals surface area contributed by atoms with Gasteiger partial charge < -0.3 is 15.2 Å². The van der Waals surface area contributed by atoms with Crippen molar-refractivity contribution in [1.82, 2.24) is 5.32 Å². The molecule has 4 unspecified atom stereocenters. The van der Waals surface area contributed by atoms with Crippen molar-refractivity contribution in [3.8, 4) is 0 Å². The summed E-state index contributed by atoms with van der Waals surface area (Å²) in [5.74, 6) is -0.824. The molecule has 1 fully saturated rings. The summed E-state index contributed by atoms with van der Waals surface area (Å²) < 4.78 is 4.39. The summed E-state index contributed by atoms with van der Waals surface area (Å²) in [6.07, 6.45) is 1.25. The van der Waals surface area contributed by atoms with E-state index in [2.05, 4.69) is 10.1 Å². The van der Waals surface area contributed by atoms with Crippen molar-refractivity contribution in [2.45, 2.75) is 57.9 Å². The van der Waals surface area contributed by atoms with Gasteiger partial charge in [0, 0.05) is 17.9 Å². The number of aliphatic hydroxyl groups excluding tert-OH is 1. The minimum Gasteiger partial charge on any atom is -0.436 e. The molecule has 0 saturated carbocycles. The number of hydrogen-bond donors (Lipinski definition) is 2. The van der Waals surface area contributed by atoms with Crippen LogP contribution in [0, 0.1) is 5.92 Å². The number of aryl methyl sites for hydroxylation is 1. The molecule has 5 rings (SSSR count). The quantitative estimate of drug-likeness (QED) is 0.673. The maximum Gasteiger partial charge on any atom is 0.308 e. The van der Waals surface area contributed by atoms with Gasteiger partial charge in [-0.3, -0.25) is 24.1 Å². The zero-order valence-corrected chi connectivity index (χ0v) is 19.2. The van der Waals surface area contributed by atoms with Crippen LogP contribution in [-0.2, 0) is 32.0 Å². The van der Waals surface area contributed by atoms with Crippen molar-refractivity contribution in [2.24, 2.45) is 5.92 Å². The average Bonchev–Trinajstić information content (AvgIpc) is 3.31. The molecule has 8 heteroatoms. The number of carbonyl (C=O) groups excluding carboxylic acids is 4. The Balaban J connectivity index is 0.000000291. The number of esters is 1. The summed E-state index contributed by atoms with van der Waals surface area (Å²) >= 11 is 0. The van der Waals surface area contributed by atoms with Gasteiger partial charge in [-0.15, -0.1) is 0 Å². The van der Waals surface area contributed by atoms with Gasteiger partial charge in [0.05, 0.1) is 18.2 Å². The Morgan fingerprint density at radius 3 is 2.32 bits per heavy atom. The number of nitrogens with one attached hydrogen (secondary N) is 1. The molecule has 0 radical (unpaired) electrons. The lowest BCUT2D eigenvalue weighted by Gasteiger charge is -2.27. The van der Waals surface area contributed by atoms with Gasteiger partial charge in [-0.2, -0.15) is 0 Å². The largest absolute Gasteiger partial charge is 0.436 e. The number of Topliss-reactive ketones (excluding diaryl/α,β-unsaturated/α-hetero) is 1. The number of para-hydroxylation sites is 1. The fourth-order valence-electron chi connectivity index (χ4n) is 4.58. The summed E-state index contributed by atoms with van der Waals surface area (Å²) in [5, 5.41) is 11.6. The molecule has 2 aromatic rings. The first-order valence-corrected chi connectivity index (χ1v) is 11.4. The number of ketones is 1. The number of benzene rings is 2. The molecule has 0 spiro atoms. The van der Waals surface area contributed by atoms with Crippen molar-refractivity contribution >= 4 is 29.3 Å². The molecule has 0 aromatic heterocycles. The van der Waals surface area contributed by atoms with Crippen LogP contribution in [0.2, 0.25) is 0 Å². The molecule has 4 atom stereocenters. The van der Waals surface area contributed by atoms with Crippen LogP contribution in [0.1, 0.15) is 48.2 Å². The van der Waals surface area contributed by atoms with E-state index in [1.165, 1.54) is 6.92 Å². The zero-order valence-electron chi connectivity index (χ0n) is 19.2. The van der Waals surface area contributed by atoms with Gasteiger partial charge >= 0.3 is 5.97 Å². The third kappa shape index (κ3) is 4.72. The van der Waals surface area contributed by atoms with Crippen LogP contribution < -0.4 is 10.2 Å². The van der Waals surface area contributed by atoms with Gasteiger partial charge in [0.2, 0.25) is 12.2 Å². The van der Waals surface area contributed by atoms with Crippen LogP contribution in [0.3, 0.4) is 0 Å². The molecular weight excluding hydrogens is 436 g/mol. The van der Waals surface area contributed by atoms with E-state index in [4.69, 9.17) is 5.11 Å². The Labute approximate surface area is 197 Å². The number of ether oxygens (including phenoxy) is 1. The van der Waals surface area contributed by atoms with Crippen LogP contribution in [0.4, 0.5) is 5.69 Å². The molecule has 0 aliphatic carbocycles. The van der Waals surface area contributed by atoms with E-state index < -0.39 is 18.4 Å². The summed E-state index contributed by atoms with van der Waals surface area (Å²) in [6, 6.07) is 13.7. The second-order valence-corrected chi connectivity index (χ2v) is 8.96. The predicted octanol–water partition coefficient (Wildman–Crippen LogP) is 2.17. The predicted molar refractivity (Wildman–Crippen MR) is 124 cm³/mol. The number of carbonyl (C=O) groups is 4. The van der Waals surface area contributed by atoms with Crippen LogP contribution in [0.15, 0.2) is 48.5 Å². The van der Waals surface area contributed by atoms with E-state index in [1.54, 1.807) is 36.1 Å². The average molecular weight is 465 g/mol. The van der Waals surface area contributed by atoms with Gasteiger partial charge in [-0.25, -0.2) is 0 Å². The number of cyclic esters (lactones) is 1. The van der Waals surface area contributed by atoms with E-state index >= 15 is 0 Å². The minimum atomic E-state index is -0.859. The van der Waals surface area contributed by atoms with Crippen LogP contribution >= 0.6 is 0 Å². The smallest absolute Gasteiger partial charge is 0.308 e. The zero-order chi connectivity index (χ0) is 24.4. The number of aliphatic hydroxyl groups is 1. The van der Waals surface area contributed by atoms with E-state index in [9.17, 15) is 19.2 Å². The van der Waals surface area contributed by atoms with Gasteiger partial charge in [0.1, 0.15) is 6.04 Å². The van der Waals surface area contributed by atoms with E-state index in [0.717, 1.165) is 16.8 Å². The normalized spacial score (nSPS) is 25.0. The molecule has 3 heterocycles. The van der Waals surface area contributed by atoms with Crippen molar-refractivity contribution < 1.29 is 29.0 Å². The Kier molecular flexibility index (Phi) is 6.79. The van der Waals surface area contributed by atoms with Crippen LogP contribution in [0.5, 0.6) is 0 Å².